The molecule has 1 heterocycles. The lowest BCUT2D eigenvalue weighted by atomic mass is 10.1. The normalized spacial score (nSPS) is 15.4. The number of nitro groups is 1. The number of nitrogens with zero attached hydrogens (tertiary/aromatic N) is 2. The van der Waals surface area contributed by atoms with E-state index in [1.807, 2.05) is 24.3 Å². The Labute approximate surface area is 177 Å². The molecule has 0 aromatic heterocycles. The van der Waals surface area contributed by atoms with Crippen LogP contribution >= 0.6 is 0 Å². The SMILES string of the molecule is COc1ccc(CCNc2ccc(S(=O)(=O)N3CCCCCC3)cc2[N+](=O)[O-])cc1. The molecule has 1 saturated heterocycles. The highest BCUT2D eigenvalue weighted by Crippen LogP contribution is 2.30. The van der Waals surface area contributed by atoms with Crippen molar-refractivity contribution in [1.29, 1.82) is 0 Å². The number of nitro benzene ring substituents is 1. The fourth-order valence-electron chi connectivity index (χ4n) is 3.54. The molecule has 9 heteroatoms. The second-order valence-electron chi connectivity index (χ2n) is 7.28. The minimum Gasteiger partial charge on any atom is -0.497 e. The van der Waals surface area contributed by atoms with Gasteiger partial charge in [-0.1, -0.05) is 25.0 Å². The first-order valence-corrected chi connectivity index (χ1v) is 11.5. The Bertz CT molecular complexity index is 969. The Kier molecular flexibility index (Phi) is 7.28. The number of ether oxygens (including phenoxy) is 1. The highest BCUT2D eigenvalue weighted by molar-refractivity contribution is 7.89. The number of anilines is 1. The molecular weight excluding hydrogens is 406 g/mol. The van der Waals surface area contributed by atoms with Crippen molar-refractivity contribution in [3.8, 4) is 5.75 Å². The molecule has 0 radical (unpaired) electrons. The molecule has 162 valence electrons. The molecule has 8 nitrogen and oxygen atoms in total. The van der Waals surface area contributed by atoms with Crippen LogP contribution in [0.1, 0.15) is 31.2 Å². The topological polar surface area (TPSA) is 102 Å². The molecule has 0 atom stereocenters. The zero-order valence-electron chi connectivity index (χ0n) is 17.0. The predicted molar refractivity (Wildman–Crippen MR) is 116 cm³/mol. The molecule has 1 aliphatic heterocycles. The summed E-state index contributed by atoms with van der Waals surface area (Å²) in [5.41, 5.74) is 1.13. The minimum atomic E-state index is -3.74. The average molecular weight is 434 g/mol. The lowest BCUT2D eigenvalue weighted by Gasteiger charge is -2.20. The second-order valence-corrected chi connectivity index (χ2v) is 9.22. The summed E-state index contributed by atoms with van der Waals surface area (Å²) >= 11 is 0. The van der Waals surface area contributed by atoms with E-state index >= 15 is 0 Å². The lowest BCUT2D eigenvalue weighted by molar-refractivity contribution is -0.384. The van der Waals surface area contributed by atoms with Gasteiger partial charge in [0, 0.05) is 25.7 Å². The maximum atomic E-state index is 13.0. The van der Waals surface area contributed by atoms with Crippen molar-refractivity contribution in [2.45, 2.75) is 37.0 Å². The minimum absolute atomic E-state index is 0.0307. The van der Waals surface area contributed by atoms with Crippen LogP contribution in [0.15, 0.2) is 47.4 Å². The van der Waals surface area contributed by atoms with Gasteiger partial charge >= 0.3 is 0 Å². The van der Waals surface area contributed by atoms with E-state index in [9.17, 15) is 18.5 Å². The summed E-state index contributed by atoms with van der Waals surface area (Å²) in [4.78, 5) is 11.0. The monoisotopic (exact) mass is 433 g/mol. The van der Waals surface area contributed by atoms with Crippen LogP contribution in [0.25, 0.3) is 0 Å². The van der Waals surface area contributed by atoms with Crippen LogP contribution in [0.2, 0.25) is 0 Å². The van der Waals surface area contributed by atoms with Crippen LogP contribution in [0.5, 0.6) is 5.75 Å². The first-order chi connectivity index (χ1) is 14.4. The molecular formula is C21H27N3O5S. The van der Waals surface area contributed by atoms with Gasteiger partial charge in [0.15, 0.2) is 0 Å². The van der Waals surface area contributed by atoms with Crippen molar-refractivity contribution in [1.82, 2.24) is 4.31 Å². The number of hydrogen-bond acceptors (Lipinski definition) is 6. The summed E-state index contributed by atoms with van der Waals surface area (Å²) in [7, 11) is -2.14. The van der Waals surface area contributed by atoms with Gasteiger partial charge in [-0.05, 0) is 49.1 Å². The molecule has 3 rings (SSSR count). The Morgan fingerprint density at radius 2 is 1.73 bits per heavy atom. The standard InChI is InChI=1S/C21H27N3O5S/c1-29-18-8-6-17(7-9-18)12-13-22-20-11-10-19(16-21(20)24(25)26)30(27,28)23-14-4-2-3-5-15-23/h6-11,16,22H,2-5,12-15H2,1H3. The largest absolute Gasteiger partial charge is 0.497 e. The molecule has 2 aromatic rings. The first kappa shape index (κ1) is 22.0. The van der Waals surface area contributed by atoms with Gasteiger partial charge in [0.1, 0.15) is 11.4 Å². The summed E-state index contributed by atoms with van der Waals surface area (Å²) in [6.45, 7) is 1.39. The fraction of sp³-hybridized carbons (Fsp3) is 0.429. The lowest BCUT2D eigenvalue weighted by Crippen LogP contribution is -2.32. The summed E-state index contributed by atoms with van der Waals surface area (Å²) in [5, 5.41) is 14.6. The maximum absolute atomic E-state index is 13.0. The highest BCUT2D eigenvalue weighted by atomic mass is 32.2. The number of nitrogens with one attached hydrogen (secondary N) is 1. The average Bonchev–Trinajstić information content (AvgIpc) is 3.04. The van der Waals surface area contributed by atoms with E-state index in [4.69, 9.17) is 4.74 Å². The maximum Gasteiger partial charge on any atom is 0.293 e. The van der Waals surface area contributed by atoms with Gasteiger partial charge in [-0.3, -0.25) is 10.1 Å². The number of sulfonamides is 1. The smallest absolute Gasteiger partial charge is 0.293 e. The Morgan fingerprint density at radius 1 is 1.07 bits per heavy atom. The van der Waals surface area contributed by atoms with Crippen molar-refractivity contribution in [3.05, 3.63) is 58.1 Å². The van der Waals surface area contributed by atoms with Gasteiger partial charge in [-0.15, -0.1) is 0 Å². The molecule has 2 aromatic carbocycles. The van der Waals surface area contributed by atoms with Crippen molar-refractivity contribution in [2.24, 2.45) is 0 Å². The fourth-order valence-corrected chi connectivity index (χ4v) is 5.07. The molecule has 0 unspecified atom stereocenters. The molecule has 0 saturated carbocycles. The highest BCUT2D eigenvalue weighted by Gasteiger charge is 2.28. The van der Waals surface area contributed by atoms with Crippen molar-refractivity contribution in [3.63, 3.8) is 0 Å². The Hall–Kier alpha value is -2.65. The zero-order valence-corrected chi connectivity index (χ0v) is 17.9. The predicted octanol–water partition coefficient (Wildman–Crippen LogP) is 3.82. The van der Waals surface area contributed by atoms with Gasteiger partial charge in [0.05, 0.1) is 16.9 Å². The van der Waals surface area contributed by atoms with Gasteiger partial charge in [0.25, 0.3) is 5.69 Å². The van der Waals surface area contributed by atoms with E-state index in [-0.39, 0.29) is 10.6 Å². The summed E-state index contributed by atoms with van der Waals surface area (Å²) < 4.78 is 32.5. The Morgan fingerprint density at radius 3 is 2.33 bits per heavy atom. The van der Waals surface area contributed by atoms with E-state index in [1.54, 1.807) is 7.11 Å². The molecule has 0 bridgehead atoms. The Balaban J connectivity index is 1.73. The van der Waals surface area contributed by atoms with Gasteiger partial charge in [-0.2, -0.15) is 4.31 Å². The summed E-state index contributed by atoms with van der Waals surface area (Å²) in [6.07, 6.45) is 4.29. The molecule has 30 heavy (non-hydrogen) atoms. The van der Waals surface area contributed by atoms with Crippen LogP contribution < -0.4 is 10.1 Å². The van der Waals surface area contributed by atoms with E-state index in [0.717, 1.165) is 43.1 Å². The number of methoxy groups -OCH3 is 1. The summed E-state index contributed by atoms with van der Waals surface area (Å²) in [6, 6.07) is 11.7. The van der Waals surface area contributed by atoms with Crippen LogP contribution in [0.3, 0.4) is 0 Å². The third kappa shape index (κ3) is 5.28. The summed E-state index contributed by atoms with van der Waals surface area (Å²) in [5.74, 6) is 0.767. The zero-order chi connectivity index (χ0) is 21.6. The second kappa shape index (κ2) is 9.90. The first-order valence-electron chi connectivity index (χ1n) is 10.1. The van der Waals surface area contributed by atoms with E-state index in [0.29, 0.717) is 31.7 Å². The molecule has 1 fully saturated rings. The van der Waals surface area contributed by atoms with Crippen LogP contribution in [-0.4, -0.2) is 44.4 Å². The van der Waals surface area contributed by atoms with Crippen LogP contribution in [-0.2, 0) is 16.4 Å². The quantitative estimate of drug-likeness (QED) is 0.502. The van der Waals surface area contributed by atoms with E-state index in [1.165, 1.54) is 16.4 Å². The van der Waals surface area contributed by atoms with E-state index < -0.39 is 14.9 Å². The molecule has 1 aliphatic rings. The van der Waals surface area contributed by atoms with Gasteiger partial charge in [0.2, 0.25) is 10.0 Å². The van der Waals surface area contributed by atoms with Gasteiger partial charge < -0.3 is 10.1 Å². The third-order valence-corrected chi connectivity index (χ3v) is 7.15. The number of hydrogen-bond donors (Lipinski definition) is 1. The van der Waals surface area contributed by atoms with Gasteiger partial charge in [-0.25, -0.2) is 8.42 Å². The number of rotatable bonds is 8. The molecule has 0 amide bonds. The molecule has 0 aliphatic carbocycles. The molecule has 1 N–H and O–H groups in total. The van der Waals surface area contributed by atoms with Crippen molar-refractivity contribution < 1.29 is 18.1 Å². The number of benzene rings is 2. The van der Waals surface area contributed by atoms with Crippen LogP contribution in [0.4, 0.5) is 11.4 Å². The third-order valence-electron chi connectivity index (χ3n) is 5.26. The van der Waals surface area contributed by atoms with Crippen molar-refractivity contribution >= 4 is 21.4 Å². The van der Waals surface area contributed by atoms with E-state index in [2.05, 4.69) is 5.32 Å². The van der Waals surface area contributed by atoms with Crippen molar-refractivity contribution in [2.75, 3.05) is 32.1 Å². The molecule has 0 spiro atoms. The van der Waals surface area contributed by atoms with Crippen LogP contribution in [0, 0.1) is 10.1 Å².